The third-order valence-corrected chi connectivity index (χ3v) is 4.12. The number of Topliss-reactive ketones (excluding diaryl/α,β-unsaturated/α-hetero) is 1. The highest BCUT2D eigenvalue weighted by Gasteiger charge is 2.19. The van der Waals surface area contributed by atoms with E-state index in [0.717, 1.165) is 28.2 Å². The SMILES string of the molecule is C/C=C(/c1cc(OC)c(CN(C)C)c(OC)c1)c1ncccc1C(C)=O. The predicted octanol–water partition coefficient (Wildman–Crippen LogP) is 3.81. The molecule has 2 aromatic rings. The Balaban J connectivity index is 2.65. The molecule has 0 aliphatic carbocycles. The molecule has 0 unspecified atom stereocenters. The van der Waals surface area contributed by atoms with Crippen LogP contribution in [-0.4, -0.2) is 44.0 Å². The van der Waals surface area contributed by atoms with Crippen molar-refractivity contribution in [2.45, 2.75) is 20.4 Å². The van der Waals surface area contributed by atoms with Crippen LogP contribution in [0.4, 0.5) is 0 Å². The van der Waals surface area contributed by atoms with Gasteiger partial charge < -0.3 is 14.4 Å². The van der Waals surface area contributed by atoms with Crippen LogP contribution in [0.15, 0.2) is 36.5 Å². The largest absolute Gasteiger partial charge is 0.496 e. The van der Waals surface area contributed by atoms with E-state index in [1.165, 1.54) is 0 Å². The zero-order valence-corrected chi connectivity index (χ0v) is 16.3. The van der Waals surface area contributed by atoms with E-state index in [1.54, 1.807) is 39.5 Å². The molecule has 1 aromatic heterocycles. The third-order valence-electron chi connectivity index (χ3n) is 4.12. The summed E-state index contributed by atoms with van der Waals surface area (Å²) in [5.41, 5.74) is 3.99. The number of pyridine rings is 1. The highest BCUT2D eigenvalue weighted by atomic mass is 16.5. The second kappa shape index (κ2) is 8.63. The van der Waals surface area contributed by atoms with Crippen LogP contribution in [0, 0.1) is 0 Å². The van der Waals surface area contributed by atoms with Crippen molar-refractivity contribution in [1.29, 1.82) is 0 Å². The number of methoxy groups -OCH3 is 2. The maximum atomic E-state index is 12.0. The van der Waals surface area contributed by atoms with Gasteiger partial charge in [0.05, 0.1) is 25.5 Å². The summed E-state index contributed by atoms with van der Waals surface area (Å²) < 4.78 is 11.2. The fourth-order valence-electron chi connectivity index (χ4n) is 2.96. The standard InChI is InChI=1S/C21H26N2O3/c1-7-16(21-17(14(2)24)9-8-10-22-21)15-11-19(25-5)18(13-23(3)4)20(12-15)26-6/h7-12H,13H2,1-6H3/b16-7-. The van der Waals surface area contributed by atoms with Gasteiger partial charge in [-0.2, -0.15) is 0 Å². The average Bonchev–Trinajstić information content (AvgIpc) is 2.62. The maximum absolute atomic E-state index is 12.0. The van der Waals surface area contributed by atoms with Gasteiger partial charge in [0.15, 0.2) is 5.78 Å². The molecule has 0 saturated carbocycles. The van der Waals surface area contributed by atoms with Crippen LogP contribution >= 0.6 is 0 Å². The Bertz CT molecular complexity index is 801. The van der Waals surface area contributed by atoms with E-state index in [9.17, 15) is 4.79 Å². The lowest BCUT2D eigenvalue weighted by Gasteiger charge is -2.19. The van der Waals surface area contributed by atoms with E-state index in [2.05, 4.69) is 9.88 Å². The van der Waals surface area contributed by atoms with Crippen molar-refractivity contribution in [3.63, 3.8) is 0 Å². The molecule has 0 fully saturated rings. The van der Waals surface area contributed by atoms with Crippen molar-refractivity contribution < 1.29 is 14.3 Å². The van der Waals surface area contributed by atoms with E-state index in [0.29, 0.717) is 17.8 Å². The molecule has 26 heavy (non-hydrogen) atoms. The van der Waals surface area contributed by atoms with Gasteiger partial charge in [0.25, 0.3) is 0 Å². The first-order valence-electron chi connectivity index (χ1n) is 8.45. The number of allylic oxidation sites excluding steroid dienone is 1. The number of carbonyl (C=O) groups is 1. The average molecular weight is 354 g/mol. The molecule has 0 atom stereocenters. The quantitative estimate of drug-likeness (QED) is 0.708. The number of nitrogens with zero attached hydrogens (tertiary/aromatic N) is 2. The van der Waals surface area contributed by atoms with Gasteiger partial charge >= 0.3 is 0 Å². The van der Waals surface area contributed by atoms with Gasteiger partial charge in [-0.05, 0) is 57.8 Å². The van der Waals surface area contributed by atoms with Crippen LogP contribution in [0.5, 0.6) is 11.5 Å². The van der Waals surface area contributed by atoms with Gasteiger partial charge in [0, 0.05) is 23.9 Å². The van der Waals surface area contributed by atoms with Crippen molar-refractivity contribution in [3.8, 4) is 11.5 Å². The van der Waals surface area contributed by atoms with Crippen molar-refractivity contribution in [2.24, 2.45) is 0 Å². The topological polar surface area (TPSA) is 51.7 Å². The molecule has 0 bridgehead atoms. The molecule has 0 saturated heterocycles. The Morgan fingerprint density at radius 2 is 1.81 bits per heavy atom. The highest BCUT2D eigenvalue weighted by Crippen LogP contribution is 2.36. The molecule has 1 heterocycles. The minimum atomic E-state index is -0.0180. The number of rotatable bonds is 7. The minimum Gasteiger partial charge on any atom is -0.496 e. The molecule has 0 spiro atoms. The molecule has 2 rings (SSSR count). The Kier molecular flexibility index (Phi) is 6.52. The lowest BCUT2D eigenvalue weighted by atomic mass is 9.95. The summed E-state index contributed by atoms with van der Waals surface area (Å²) in [5.74, 6) is 1.47. The van der Waals surface area contributed by atoms with Crippen LogP contribution in [0.2, 0.25) is 0 Å². The molecule has 0 radical (unpaired) electrons. The fraction of sp³-hybridized carbons (Fsp3) is 0.333. The lowest BCUT2D eigenvalue weighted by molar-refractivity contribution is 0.101. The van der Waals surface area contributed by atoms with Crippen LogP contribution in [-0.2, 0) is 6.54 Å². The number of aromatic nitrogens is 1. The smallest absolute Gasteiger partial charge is 0.161 e. The summed E-state index contributed by atoms with van der Waals surface area (Å²) in [6, 6.07) is 7.50. The Labute approximate surface area is 155 Å². The molecule has 0 N–H and O–H groups in total. The van der Waals surface area contributed by atoms with Gasteiger partial charge in [0.1, 0.15) is 11.5 Å². The van der Waals surface area contributed by atoms with Crippen molar-refractivity contribution >= 4 is 11.4 Å². The number of hydrogen-bond acceptors (Lipinski definition) is 5. The second-order valence-electron chi connectivity index (χ2n) is 6.26. The number of benzene rings is 1. The molecule has 138 valence electrons. The first-order chi connectivity index (χ1) is 12.4. The zero-order valence-electron chi connectivity index (χ0n) is 16.3. The first kappa shape index (κ1) is 19.7. The van der Waals surface area contributed by atoms with E-state index in [1.807, 2.05) is 39.2 Å². The maximum Gasteiger partial charge on any atom is 0.161 e. The molecule has 1 aromatic carbocycles. The van der Waals surface area contributed by atoms with Crippen molar-refractivity contribution in [2.75, 3.05) is 28.3 Å². The highest BCUT2D eigenvalue weighted by molar-refractivity contribution is 6.00. The van der Waals surface area contributed by atoms with Crippen molar-refractivity contribution in [3.05, 3.63) is 58.9 Å². The van der Waals surface area contributed by atoms with Crippen LogP contribution in [0.1, 0.15) is 41.0 Å². The zero-order chi connectivity index (χ0) is 19.3. The second-order valence-corrected chi connectivity index (χ2v) is 6.26. The summed E-state index contributed by atoms with van der Waals surface area (Å²) in [7, 11) is 7.29. The van der Waals surface area contributed by atoms with Gasteiger partial charge in [-0.15, -0.1) is 0 Å². The normalized spacial score (nSPS) is 11.6. The van der Waals surface area contributed by atoms with Gasteiger partial charge in [-0.1, -0.05) is 6.08 Å². The molecule has 0 aliphatic heterocycles. The minimum absolute atomic E-state index is 0.0180. The Morgan fingerprint density at radius 1 is 1.19 bits per heavy atom. The third kappa shape index (κ3) is 4.11. The summed E-state index contributed by atoms with van der Waals surface area (Å²) >= 11 is 0. The van der Waals surface area contributed by atoms with E-state index < -0.39 is 0 Å². The monoisotopic (exact) mass is 354 g/mol. The number of ether oxygens (including phenoxy) is 2. The van der Waals surface area contributed by atoms with Crippen LogP contribution in [0.25, 0.3) is 5.57 Å². The molecule has 0 amide bonds. The van der Waals surface area contributed by atoms with Gasteiger partial charge in [-0.3, -0.25) is 9.78 Å². The molecule has 5 nitrogen and oxygen atoms in total. The van der Waals surface area contributed by atoms with Gasteiger partial charge in [0.2, 0.25) is 0 Å². The predicted molar refractivity (Wildman–Crippen MR) is 104 cm³/mol. The fourth-order valence-corrected chi connectivity index (χ4v) is 2.96. The van der Waals surface area contributed by atoms with E-state index in [-0.39, 0.29) is 5.78 Å². The molecule has 5 heteroatoms. The van der Waals surface area contributed by atoms with Crippen LogP contribution < -0.4 is 9.47 Å². The number of carbonyl (C=O) groups excluding carboxylic acids is 1. The first-order valence-corrected chi connectivity index (χ1v) is 8.45. The Hall–Kier alpha value is -2.66. The summed E-state index contributed by atoms with van der Waals surface area (Å²) in [6.45, 7) is 4.18. The lowest BCUT2D eigenvalue weighted by Crippen LogP contribution is -2.13. The summed E-state index contributed by atoms with van der Waals surface area (Å²) in [4.78, 5) is 18.5. The number of ketones is 1. The number of hydrogen-bond donors (Lipinski definition) is 0. The van der Waals surface area contributed by atoms with E-state index >= 15 is 0 Å². The van der Waals surface area contributed by atoms with E-state index in [4.69, 9.17) is 9.47 Å². The summed E-state index contributed by atoms with van der Waals surface area (Å²) in [5, 5.41) is 0. The summed E-state index contributed by atoms with van der Waals surface area (Å²) in [6.07, 6.45) is 3.65. The van der Waals surface area contributed by atoms with Gasteiger partial charge in [-0.25, -0.2) is 0 Å². The van der Waals surface area contributed by atoms with Crippen LogP contribution in [0.3, 0.4) is 0 Å². The molecular weight excluding hydrogens is 328 g/mol. The molecular formula is C21H26N2O3. The Morgan fingerprint density at radius 3 is 2.27 bits per heavy atom. The van der Waals surface area contributed by atoms with Crippen molar-refractivity contribution in [1.82, 2.24) is 9.88 Å². The molecule has 0 aliphatic rings.